The molecular formula is C37H54ClP. The van der Waals surface area contributed by atoms with E-state index in [4.69, 9.17) is 0 Å². The number of hydrogen-bond donors (Lipinski definition) is 0. The Bertz CT molecular complexity index is 915. The van der Waals surface area contributed by atoms with Crippen molar-refractivity contribution in [3.63, 3.8) is 0 Å². The molecule has 0 aromatic heterocycles. The average Bonchev–Trinajstić information content (AvgIpc) is 2.94. The summed E-state index contributed by atoms with van der Waals surface area (Å²) < 4.78 is 0. The van der Waals surface area contributed by atoms with E-state index in [9.17, 15) is 0 Å². The van der Waals surface area contributed by atoms with E-state index in [2.05, 4.69) is 107 Å². The van der Waals surface area contributed by atoms with E-state index in [1.807, 2.05) is 0 Å². The zero-order chi connectivity index (χ0) is 26.7. The van der Waals surface area contributed by atoms with Crippen LogP contribution in [0.5, 0.6) is 0 Å². The largest absolute Gasteiger partial charge is 0.147 e. The number of hydrogen-bond acceptors (Lipinski definition) is 0. The molecule has 0 spiro atoms. The minimum absolute atomic E-state index is 0. The first kappa shape index (κ1) is 33.6. The molecule has 2 atom stereocenters. The van der Waals surface area contributed by atoms with Gasteiger partial charge in [-0.05, 0) is 53.4 Å². The molecule has 2 heteroatoms. The van der Waals surface area contributed by atoms with Crippen molar-refractivity contribution in [3.8, 4) is 0 Å². The third-order valence-corrected chi connectivity index (χ3v) is 9.18. The molecule has 0 bridgehead atoms. The van der Waals surface area contributed by atoms with Crippen molar-refractivity contribution in [3.05, 3.63) is 108 Å². The molecule has 0 amide bonds. The van der Waals surface area contributed by atoms with E-state index in [0.29, 0.717) is 5.92 Å². The van der Waals surface area contributed by atoms with Crippen molar-refractivity contribution in [2.24, 2.45) is 5.92 Å². The molecule has 39 heavy (non-hydrogen) atoms. The van der Waals surface area contributed by atoms with Gasteiger partial charge >= 0.3 is 0 Å². The van der Waals surface area contributed by atoms with Crippen LogP contribution in [0.3, 0.4) is 0 Å². The Morgan fingerprint density at radius 1 is 0.513 bits per heavy atom. The number of benzene rings is 3. The van der Waals surface area contributed by atoms with E-state index < -0.39 is 0 Å². The van der Waals surface area contributed by atoms with Crippen LogP contribution < -0.4 is 0 Å². The van der Waals surface area contributed by atoms with Crippen LogP contribution >= 0.6 is 21.6 Å². The van der Waals surface area contributed by atoms with E-state index in [1.165, 1.54) is 100 Å². The molecular weight excluding hydrogens is 511 g/mol. The molecule has 0 radical (unpaired) electrons. The molecule has 3 rings (SSSR count). The molecule has 0 saturated heterocycles. The smallest absolute Gasteiger partial charge is 0.00385 e. The molecule has 3 aromatic carbocycles. The maximum Gasteiger partial charge on any atom is -0.00385 e. The molecule has 3 aromatic rings. The Morgan fingerprint density at radius 3 is 1.28 bits per heavy atom. The van der Waals surface area contributed by atoms with Crippen LogP contribution in [0.15, 0.2) is 91.0 Å². The second-order valence-electron chi connectivity index (χ2n) is 11.6. The first-order valence-electron chi connectivity index (χ1n) is 15.6. The summed E-state index contributed by atoms with van der Waals surface area (Å²) in [5.41, 5.74) is 4.38. The Kier molecular flexibility index (Phi) is 17.5. The maximum absolute atomic E-state index is 3.39. The van der Waals surface area contributed by atoms with E-state index in [1.54, 1.807) is 0 Å². The lowest BCUT2D eigenvalue weighted by Gasteiger charge is -2.39. The fourth-order valence-electron chi connectivity index (χ4n) is 6.03. The summed E-state index contributed by atoms with van der Waals surface area (Å²) in [6.07, 6.45) is 21.6. The van der Waals surface area contributed by atoms with Gasteiger partial charge in [-0.3, -0.25) is 0 Å². The van der Waals surface area contributed by atoms with Gasteiger partial charge in [0.1, 0.15) is 0 Å². The van der Waals surface area contributed by atoms with Crippen LogP contribution in [-0.4, -0.2) is 5.16 Å². The predicted octanol–water partition coefficient (Wildman–Crippen LogP) is 11.5. The number of unbranched alkanes of at least 4 members (excludes halogenated alkanes) is 11. The highest BCUT2D eigenvalue weighted by Crippen LogP contribution is 2.40. The summed E-state index contributed by atoms with van der Waals surface area (Å²) in [5.74, 6) is 0.624. The minimum Gasteiger partial charge on any atom is -0.147 e. The normalized spacial score (nSPS) is 12.2. The molecule has 0 saturated carbocycles. The van der Waals surface area contributed by atoms with Crippen molar-refractivity contribution in [2.45, 2.75) is 115 Å². The molecule has 0 heterocycles. The van der Waals surface area contributed by atoms with E-state index >= 15 is 0 Å². The van der Waals surface area contributed by atoms with E-state index in [0.717, 1.165) is 19.3 Å². The standard InChI is InChI=1S/C37H53P.ClH/c1-2-3-4-5-6-7-8-9-10-11-12-22-29-36(30-33-23-16-13-17-24-33)37(38,31-34-25-18-14-19-26-34)32-35-27-20-15-21-28-35;/h13-21,23-28,36H,2-12,22,29-32,38H2,1H3;1H. The summed E-state index contributed by atoms with van der Waals surface area (Å²) >= 11 is 0. The van der Waals surface area contributed by atoms with Gasteiger partial charge < -0.3 is 0 Å². The van der Waals surface area contributed by atoms with Crippen LogP contribution in [0.2, 0.25) is 0 Å². The minimum atomic E-state index is 0. The predicted molar refractivity (Wildman–Crippen MR) is 179 cm³/mol. The summed E-state index contributed by atoms with van der Waals surface area (Å²) in [6.45, 7) is 2.30. The van der Waals surface area contributed by atoms with Crippen LogP contribution in [0.4, 0.5) is 0 Å². The lowest BCUT2D eigenvalue weighted by molar-refractivity contribution is 0.330. The molecule has 0 aliphatic carbocycles. The lowest BCUT2D eigenvalue weighted by atomic mass is 9.75. The van der Waals surface area contributed by atoms with Crippen molar-refractivity contribution in [2.75, 3.05) is 0 Å². The highest BCUT2D eigenvalue weighted by atomic mass is 35.5. The summed E-state index contributed by atoms with van der Waals surface area (Å²) in [6, 6.07) is 33.5. The lowest BCUT2D eigenvalue weighted by Crippen LogP contribution is -2.38. The van der Waals surface area contributed by atoms with Gasteiger partial charge in [-0.1, -0.05) is 175 Å². The SMILES string of the molecule is CCCCCCCCCCCCCCC(Cc1ccccc1)C(P)(Cc1ccccc1)Cc1ccccc1.Cl. The van der Waals surface area contributed by atoms with Crippen molar-refractivity contribution in [1.29, 1.82) is 0 Å². The van der Waals surface area contributed by atoms with Crippen molar-refractivity contribution in [1.82, 2.24) is 0 Å². The van der Waals surface area contributed by atoms with Gasteiger partial charge in [0.25, 0.3) is 0 Å². The molecule has 0 nitrogen and oxygen atoms in total. The first-order valence-corrected chi connectivity index (χ1v) is 16.2. The summed E-state index contributed by atoms with van der Waals surface area (Å²) in [7, 11) is 3.39. The van der Waals surface area contributed by atoms with Gasteiger partial charge in [0, 0.05) is 0 Å². The molecule has 0 fully saturated rings. The van der Waals surface area contributed by atoms with Crippen molar-refractivity contribution < 1.29 is 0 Å². The topological polar surface area (TPSA) is 0 Å². The highest BCUT2D eigenvalue weighted by molar-refractivity contribution is 7.19. The fraction of sp³-hybridized carbons (Fsp3) is 0.514. The van der Waals surface area contributed by atoms with Crippen LogP contribution in [0, 0.1) is 5.92 Å². The van der Waals surface area contributed by atoms with E-state index in [-0.39, 0.29) is 17.6 Å². The molecule has 2 unspecified atom stereocenters. The maximum atomic E-state index is 3.39. The Hall–Kier alpha value is -1.62. The molecule has 214 valence electrons. The van der Waals surface area contributed by atoms with Gasteiger partial charge in [-0.15, -0.1) is 21.6 Å². The first-order chi connectivity index (χ1) is 18.7. The third-order valence-electron chi connectivity index (χ3n) is 8.30. The zero-order valence-electron chi connectivity index (χ0n) is 24.5. The van der Waals surface area contributed by atoms with Crippen LogP contribution in [-0.2, 0) is 19.3 Å². The monoisotopic (exact) mass is 564 g/mol. The van der Waals surface area contributed by atoms with Crippen LogP contribution in [0.25, 0.3) is 0 Å². The molecule has 0 aliphatic heterocycles. The zero-order valence-corrected chi connectivity index (χ0v) is 26.5. The Labute approximate surface area is 249 Å². The number of rotatable bonds is 20. The third kappa shape index (κ3) is 13.5. The van der Waals surface area contributed by atoms with Crippen molar-refractivity contribution >= 4 is 21.6 Å². The van der Waals surface area contributed by atoms with Gasteiger partial charge in [-0.25, -0.2) is 0 Å². The average molecular weight is 565 g/mol. The second kappa shape index (κ2) is 20.3. The van der Waals surface area contributed by atoms with Gasteiger partial charge in [0.05, 0.1) is 0 Å². The molecule has 0 aliphatic rings. The Balaban J connectivity index is 0.00000533. The number of halogens is 1. The fourth-order valence-corrected chi connectivity index (χ4v) is 6.78. The Morgan fingerprint density at radius 2 is 0.872 bits per heavy atom. The van der Waals surface area contributed by atoms with Gasteiger partial charge in [-0.2, -0.15) is 0 Å². The summed E-state index contributed by atoms with van der Waals surface area (Å²) in [4.78, 5) is 0. The van der Waals surface area contributed by atoms with Crippen LogP contribution in [0.1, 0.15) is 107 Å². The van der Waals surface area contributed by atoms with Gasteiger partial charge in [0.15, 0.2) is 0 Å². The highest BCUT2D eigenvalue weighted by Gasteiger charge is 2.34. The van der Waals surface area contributed by atoms with Gasteiger partial charge in [0.2, 0.25) is 0 Å². The summed E-state index contributed by atoms with van der Waals surface area (Å²) in [5, 5.41) is 0.135. The molecule has 0 N–H and O–H groups in total. The second-order valence-corrected chi connectivity index (χ2v) is 12.8. The quantitative estimate of drug-likeness (QED) is 0.0945.